The van der Waals surface area contributed by atoms with Gasteiger partial charge >= 0.3 is 0 Å². The summed E-state index contributed by atoms with van der Waals surface area (Å²) >= 11 is 5.65. The van der Waals surface area contributed by atoms with Crippen molar-refractivity contribution in [1.29, 1.82) is 0 Å². The summed E-state index contributed by atoms with van der Waals surface area (Å²) < 4.78 is 0. The van der Waals surface area contributed by atoms with Crippen LogP contribution in [0.15, 0.2) is 0 Å². The van der Waals surface area contributed by atoms with Crippen molar-refractivity contribution in [2.75, 3.05) is 6.54 Å². The highest BCUT2D eigenvalue weighted by Gasteiger charge is 2.22. The molecule has 0 aliphatic rings. The Balaban J connectivity index is 3.74. The van der Waals surface area contributed by atoms with E-state index in [1.165, 1.54) is 0 Å². The van der Waals surface area contributed by atoms with Gasteiger partial charge in [-0.25, -0.2) is 0 Å². The summed E-state index contributed by atoms with van der Waals surface area (Å²) in [6.07, 6.45) is 0. The van der Waals surface area contributed by atoms with Gasteiger partial charge in [0, 0.05) is 6.54 Å². The van der Waals surface area contributed by atoms with Crippen LogP contribution in [0.3, 0.4) is 0 Å². The fourth-order valence-corrected chi connectivity index (χ4v) is 0.438. The maximum Gasteiger partial charge on any atom is 0.240 e. The van der Waals surface area contributed by atoms with Crippen LogP contribution in [0.5, 0.6) is 0 Å². The van der Waals surface area contributed by atoms with Crippen LogP contribution in [0, 0.1) is 0 Å². The van der Waals surface area contributed by atoms with Crippen LogP contribution in [0.2, 0.25) is 0 Å². The molecule has 2 nitrogen and oxygen atoms in total. The Bertz CT molecular complexity index is 106. The minimum atomic E-state index is -0.768. The molecule has 0 saturated heterocycles. The first-order valence-electron chi connectivity index (χ1n) is 2.95. The maximum atomic E-state index is 10.8. The Morgan fingerprint density at radius 3 is 2.22 bits per heavy atom. The number of alkyl halides is 1. The summed E-state index contributed by atoms with van der Waals surface area (Å²) in [7, 11) is 0. The lowest BCUT2D eigenvalue weighted by Gasteiger charge is -2.13. The highest BCUT2D eigenvalue weighted by atomic mass is 35.5. The van der Waals surface area contributed by atoms with Crippen molar-refractivity contribution in [3.63, 3.8) is 0 Å². The minimum Gasteiger partial charge on any atom is -0.355 e. The normalized spacial score (nSPS) is 11.1. The van der Waals surface area contributed by atoms with Crippen molar-refractivity contribution in [3.05, 3.63) is 0 Å². The number of amides is 1. The summed E-state index contributed by atoms with van der Waals surface area (Å²) in [4.78, 5) is 10.1. The molecule has 0 atom stereocenters. The van der Waals surface area contributed by atoms with Gasteiger partial charge in [0.15, 0.2) is 0 Å². The molecular formula is C6H12ClNO. The largest absolute Gasteiger partial charge is 0.355 e. The topological polar surface area (TPSA) is 29.1 Å². The summed E-state index contributed by atoms with van der Waals surface area (Å²) in [5, 5.41) is 2.61. The third kappa shape index (κ3) is 3.36. The Kier molecular flexibility index (Phi) is 2.98. The monoisotopic (exact) mass is 149 g/mol. The molecule has 9 heavy (non-hydrogen) atoms. The molecule has 0 radical (unpaired) electrons. The van der Waals surface area contributed by atoms with Crippen LogP contribution in [-0.2, 0) is 4.79 Å². The van der Waals surface area contributed by atoms with E-state index in [2.05, 4.69) is 5.32 Å². The van der Waals surface area contributed by atoms with Gasteiger partial charge in [0.05, 0.1) is 0 Å². The predicted molar refractivity (Wildman–Crippen MR) is 38.6 cm³/mol. The molecule has 0 aliphatic carbocycles. The SMILES string of the molecule is CCNC(=O)C(C)(C)Cl. The van der Waals surface area contributed by atoms with Gasteiger partial charge in [-0.05, 0) is 20.8 Å². The molecule has 0 aromatic carbocycles. The van der Waals surface area contributed by atoms with Gasteiger partial charge in [-0.3, -0.25) is 4.79 Å². The van der Waals surface area contributed by atoms with Crippen molar-refractivity contribution in [1.82, 2.24) is 5.32 Å². The summed E-state index contributed by atoms with van der Waals surface area (Å²) in [5.41, 5.74) is 0. The molecule has 0 unspecified atom stereocenters. The van der Waals surface area contributed by atoms with E-state index in [4.69, 9.17) is 11.6 Å². The molecule has 0 spiro atoms. The molecule has 3 heteroatoms. The highest BCUT2D eigenvalue weighted by molar-refractivity contribution is 6.34. The molecule has 0 fully saturated rings. The first kappa shape index (κ1) is 8.76. The number of hydrogen-bond donors (Lipinski definition) is 1. The molecule has 1 N–H and O–H groups in total. The van der Waals surface area contributed by atoms with E-state index in [1.807, 2.05) is 6.92 Å². The van der Waals surface area contributed by atoms with E-state index >= 15 is 0 Å². The average Bonchev–Trinajstić information content (AvgIpc) is 1.64. The fourth-order valence-electron chi connectivity index (χ4n) is 0.371. The van der Waals surface area contributed by atoms with Crippen LogP contribution in [0.1, 0.15) is 20.8 Å². The minimum absolute atomic E-state index is 0.119. The Hall–Kier alpha value is -0.240. The number of rotatable bonds is 2. The van der Waals surface area contributed by atoms with Gasteiger partial charge < -0.3 is 5.32 Å². The van der Waals surface area contributed by atoms with E-state index < -0.39 is 4.87 Å². The van der Waals surface area contributed by atoms with E-state index in [0.29, 0.717) is 6.54 Å². The smallest absolute Gasteiger partial charge is 0.240 e. The van der Waals surface area contributed by atoms with Gasteiger partial charge in [-0.2, -0.15) is 0 Å². The van der Waals surface area contributed by atoms with Crippen LogP contribution in [-0.4, -0.2) is 17.3 Å². The van der Waals surface area contributed by atoms with Gasteiger partial charge in [0.25, 0.3) is 0 Å². The number of nitrogens with one attached hydrogen (secondary N) is 1. The van der Waals surface area contributed by atoms with E-state index in [1.54, 1.807) is 13.8 Å². The molecular weight excluding hydrogens is 138 g/mol. The zero-order chi connectivity index (χ0) is 7.49. The fraction of sp³-hybridized carbons (Fsp3) is 0.833. The molecule has 0 heterocycles. The predicted octanol–water partition coefficient (Wildman–Crippen LogP) is 1.14. The lowest BCUT2D eigenvalue weighted by Crippen LogP contribution is -2.37. The lowest BCUT2D eigenvalue weighted by atomic mass is 10.2. The van der Waals surface area contributed by atoms with Crippen molar-refractivity contribution < 1.29 is 4.79 Å². The van der Waals surface area contributed by atoms with Gasteiger partial charge in [-0.15, -0.1) is 11.6 Å². The number of hydrogen-bond acceptors (Lipinski definition) is 1. The first-order valence-corrected chi connectivity index (χ1v) is 3.33. The third-order valence-electron chi connectivity index (χ3n) is 0.877. The zero-order valence-corrected chi connectivity index (χ0v) is 6.75. The maximum absolute atomic E-state index is 10.8. The molecule has 0 aromatic rings. The van der Waals surface area contributed by atoms with Crippen LogP contribution in [0.25, 0.3) is 0 Å². The number of carbonyl (C=O) groups excluding carboxylic acids is 1. The molecule has 0 aliphatic heterocycles. The Morgan fingerprint density at radius 1 is 1.67 bits per heavy atom. The van der Waals surface area contributed by atoms with E-state index in [0.717, 1.165) is 0 Å². The Morgan fingerprint density at radius 2 is 2.11 bits per heavy atom. The standard InChI is InChI=1S/C6H12ClNO/c1-4-8-5(9)6(2,3)7/h4H2,1-3H3,(H,8,9). The molecule has 0 saturated carbocycles. The highest BCUT2D eigenvalue weighted by Crippen LogP contribution is 2.11. The van der Waals surface area contributed by atoms with E-state index in [-0.39, 0.29) is 5.91 Å². The third-order valence-corrected chi connectivity index (χ3v) is 1.05. The van der Waals surface area contributed by atoms with Gasteiger partial charge in [0.1, 0.15) is 4.87 Å². The quantitative estimate of drug-likeness (QED) is 0.587. The molecule has 0 bridgehead atoms. The second kappa shape index (κ2) is 3.06. The first-order chi connectivity index (χ1) is 3.98. The van der Waals surface area contributed by atoms with Crippen molar-refractivity contribution in [2.45, 2.75) is 25.6 Å². The molecule has 0 rings (SSSR count). The van der Waals surface area contributed by atoms with Crippen molar-refractivity contribution in [3.8, 4) is 0 Å². The van der Waals surface area contributed by atoms with Gasteiger partial charge in [0.2, 0.25) is 5.91 Å². The van der Waals surface area contributed by atoms with Crippen molar-refractivity contribution in [2.24, 2.45) is 0 Å². The Labute approximate surface area is 60.6 Å². The number of halogens is 1. The van der Waals surface area contributed by atoms with Crippen LogP contribution < -0.4 is 5.32 Å². The average molecular weight is 150 g/mol. The van der Waals surface area contributed by atoms with Gasteiger partial charge in [-0.1, -0.05) is 0 Å². The second-order valence-electron chi connectivity index (χ2n) is 2.33. The number of carbonyl (C=O) groups is 1. The van der Waals surface area contributed by atoms with Crippen molar-refractivity contribution >= 4 is 17.5 Å². The lowest BCUT2D eigenvalue weighted by molar-refractivity contribution is -0.122. The van der Waals surface area contributed by atoms with E-state index in [9.17, 15) is 4.79 Å². The summed E-state index contributed by atoms with van der Waals surface area (Å²) in [6, 6.07) is 0. The summed E-state index contributed by atoms with van der Waals surface area (Å²) in [6.45, 7) is 5.83. The van der Waals surface area contributed by atoms with Crippen LogP contribution in [0.4, 0.5) is 0 Å². The molecule has 0 aromatic heterocycles. The molecule has 54 valence electrons. The second-order valence-corrected chi connectivity index (χ2v) is 3.28. The van der Waals surface area contributed by atoms with Crippen LogP contribution >= 0.6 is 11.6 Å². The summed E-state index contributed by atoms with van der Waals surface area (Å²) in [5.74, 6) is -0.119. The zero-order valence-electron chi connectivity index (χ0n) is 5.99. The molecule has 1 amide bonds.